The lowest BCUT2D eigenvalue weighted by Gasteiger charge is -2.28. The highest BCUT2D eigenvalue weighted by atomic mass is 79.9. The van der Waals surface area contributed by atoms with Crippen molar-refractivity contribution in [3.63, 3.8) is 0 Å². The predicted molar refractivity (Wildman–Crippen MR) is 159 cm³/mol. The standard InChI is InChI=1S/C27H30BrCl2N7O2/c28-21-7-5-19(6-8-21)24(30)16-33-25-22(15-31)26(35-18-34-25)37(17-20-3-1-2-4-23(20)29)27(38)39-14-13-36-11-9-32-10-12-36/h1-8,15,18,24,31-32H,9-14,16-17H2,(H,33,34,35). The molecule has 4 rings (SSSR count). The van der Waals surface area contributed by atoms with Crippen molar-refractivity contribution in [2.45, 2.75) is 11.9 Å². The molecule has 0 spiro atoms. The molecule has 3 N–H and O–H groups in total. The second-order valence-corrected chi connectivity index (χ2v) is 10.7. The minimum atomic E-state index is -0.581. The van der Waals surface area contributed by atoms with E-state index in [1.807, 2.05) is 42.5 Å². The molecule has 0 saturated carbocycles. The van der Waals surface area contributed by atoms with E-state index in [2.05, 4.69) is 41.4 Å². The van der Waals surface area contributed by atoms with Crippen LogP contribution in [0.5, 0.6) is 0 Å². The van der Waals surface area contributed by atoms with Crippen LogP contribution < -0.4 is 15.5 Å². The molecule has 0 radical (unpaired) electrons. The number of amides is 1. The molecule has 1 unspecified atom stereocenters. The smallest absolute Gasteiger partial charge is 0.415 e. The summed E-state index contributed by atoms with van der Waals surface area (Å²) in [6.45, 7) is 4.96. The molecule has 1 aliphatic rings. The number of benzene rings is 2. The van der Waals surface area contributed by atoms with Gasteiger partial charge in [-0.05, 0) is 29.3 Å². The van der Waals surface area contributed by atoms with Crippen LogP contribution in [0.1, 0.15) is 22.1 Å². The number of nitrogens with one attached hydrogen (secondary N) is 3. The number of rotatable bonds is 11. The van der Waals surface area contributed by atoms with E-state index in [1.54, 1.807) is 6.07 Å². The number of hydrogen-bond donors (Lipinski definition) is 3. The topological polar surface area (TPSA) is 106 Å². The molecule has 9 nitrogen and oxygen atoms in total. The Bertz CT molecular complexity index is 1260. The number of carbonyl (C=O) groups excluding carboxylic acids is 1. The van der Waals surface area contributed by atoms with Gasteiger partial charge in [0, 0.05) is 55.0 Å². The summed E-state index contributed by atoms with van der Waals surface area (Å²) in [5.41, 5.74) is 1.99. The predicted octanol–water partition coefficient (Wildman–Crippen LogP) is 5.33. The highest BCUT2D eigenvalue weighted by molar-refractivity contribution is 9.10. The quantitative estimate of drug-likeness (QED) is 0.193. The fourth-order valence-corrected chi connectivity index (χ4v) is 4.83. The summed E-state index contributed by atoms with van der Waals surface area (Å²) in [6, 6.07) is 15.0. The number of hydrogen-bond acceptors (Lipinski definition) is 8. The Morgan fingerprint density at radius 1 is 1.21 bits per heavy atom. The van der Waals surface area contributed by atoms with Gasteiger partial charge in [-0.3, -0.25) is 9.80 Å². The molecular weight excluding hydrogens is 605 g/mol. The molecule has 2 heterocycles. The lowest BCUT2D eigenvalue weighted by molar-refractivity contribution is 0.128. The Balaban J connectivity index is 1.54. The van der Waals surface area contributed by atoms with Gasteiger partial charge in [-0.2, -0.15) is 0 Å². The van der Waals surface area contributed by atoms with Crippen molar-refractivity contribution < 1.29 is 9.53 Å². The molecule has 2 aromatic carbocycles. The Labute approximate surface area is 246 Å². The van der Waals surface area contributed by atoms with Gasteiger partial charge in [-0.1, -0.05) is 57.9 Å². The van der Waals surface area contributed by atoms with E-state index in [0.717, 1.165) is 48.0 Å². The average molecular weight is 635 g/mol. The van der Waals surface area contributed by atoms with Crippen LogP contribution in [0.4, 0.5) is 16.4 Å². The Hall–Kier alpha value is -2.76. The van der Waals surface area contributed by atoms with Crippen molar-refractivity contribution in [2.24, 2.45) is 0 Å². The molecule has 1 atom stereocenters. The van der Waals surface area contributed by atoms with Crippen molar-refractivity contribution in [1.82, 2.24) is 20.2 Å². The zero-order chi connectivity index (χ0) is 27.6. The highest BCUT2D eigenvalue weighted by Gasteiger charge is 2.25. The largest absolute Gasteiger partial charge is 0.448 e. The number of piperazine rings is 1. The Kier molecular flexibility index (Phi) is 10.9. The first-order valence-electron chi connectivity index (χ1n) is 12.6. The van der Waals surface area contributed by atoms with Crippen LogP contribution in [0, 0.1) is 5.41 Å². The maximum atomic E-state index is 13.4. The monoisotopic (exact) mass is 633 g/mol. The van der Waals surface area contributed by atoms with Crippen LogP contribution in [0.25, 0.3) is 0 Å². The van der Waals surface area contributed by atoms with Gasteiger partial charge in [0.2, 0.25) is 0 Å². The van der Waals surface area contributed by atoms with Gasteiger partial charge in [0.05, 0.1) is 17.5 Å². The summed E-state index contributed by atoms with van der Waals surface area (Å²) in [5.74, 6) is 0.625. The highest BCUT2D eigenvalue weighted by Crippen LogP contribution is 2.28. The van der Waals surface area contributed by atoms with E-state index >= 15 is 0 Å². The molecule has 1 aromatic heterocycles. The molecule has 1 amide bonds. The van der Waals surface area contributed by atoms with Crippen LogP contribution in [-0.2, 0) is 11.3 Å². The number of aromatic nitrogens is 2. The van der Waals surface area contributed by atoms with Crippen LogP contribution in [0.3, 0.4) is 0 Å². The number of anilines is 2. The van der Waals surface area contributed by atoms with Crippen LogP contribution in [0.15, 0.2) is 59.3 Å². The van der Waals surface area contributed by atoms with Gasteiger partial charge < -0.3 is 20.8 Å². The third kappa shape index (κ3) is 8.12. The third-order valence-corrected chi connectivity index (χ3v) is 7.60. The first kappa shape index (κ1) is 29.2. The molecule has 1 aliphatic heterocycles. The van der Waals surface area contributed by atoms with Crippen LogP contribution in [-0.4, -0.2) is 73.1 Å². The summed E-state index contributed by atoms with van der Waals surface area (Å²) in [6.07, 6.45) is 1.89. The van der Waals surface area contributed by atoms with E-state index in [0.29, 0.717) is 29.5 Å². The molecule has 1 fully saturated rings. The van der Waals surface area contributed by atoms with E-state index in [1.165, 1.54) is 11.2 Å². The van der Waals surface area contributed by atoms with Gasteiger partial charge in [0.15, 0.2) is 5.82 Å². The minimum absolute atomic E-state index is 0.112. The molecule has 12 heteroatoms. The van der Waals surface area contributed by atoms with E-state index in [4.69, 9.17) is 33.3 Å². The van der Waals surface area contributed by atoms with Gasteiger partial charge in [0.1, 0.15) is 18.8 Å². The van der Waals surface area contributed by atoms with Crippen LogP contribution in [0.2, 0.25) is 5.02 Å². The SMILES string of the molecule is N=Cc1c(NCC(Cl)c2ccc(Br)cc2)ncnc1N(Cc1ccccc1Cl)C(=O)OCCN1CCNCC1. The molecule has 0 aliphatic carbocycles. The second kappa shape index (κ2) is 14.6. The van der Waals surface area contributed by atoms with E-state index < -0.39 is 6.09 Å². The summed E-state index contributed by atoms with van der Waals surface area (Å²) in [5, 5.41) is 14.8. The van der Waals surface area contributed by atoms with Crippen molar-refractivity contribution in [2.75, 3.05) is 56.1 Å². The summed E-state index contributed by atoms with van der Waals surface area (Å²) in [7, 11) is 0. The molecule has 3 aromatic rings. The van der Waals surface area contributed by atoms with Crippen molar-refractivity contribution in [3.05, 3.63) is 81.0 Å². The minimum Gasteiger partial charge on any atom is -0.448 e. The lowest BCUT2D eigenvalue weighted by atomic mass is 10.1. The fourth-order valence-electron chi connectivity index (χ4n) is 4.15. The van der Waals surface area contributed by atoms with Crippen LogP contribution >= 0.6 is 39.1 Å². The number of halogens is 3. The van der Waals surface area contributed by atoms with E-state index in [-0.39, 0.29) is 24.3 Å². The number of ether oxygens (including phenoxy) is 1. The molecule has 0 bridgehead atoms. The molecular formula is C27H30BrCl2N7O2. The third-order valence-electron chi connectivity index (χ3n) is 6.29. The summed E-state index contributed by atoms with van der Waals surface area (Å²) in [4.78, 5) is 25.7. The van der Waals surface area contributed by atoms with Gasteiger partial charge in [-0.15, -0.1) is 11.6 Å². The maximum Gasteiger partial charge on any atom is 0.415 e. The lowest BCUT2D eigenvalue weighted by Crippen LogP contribution is -2.45. The zero-order valence-corrected chi connectivity index (χ0v) is 24.3. The summed E-state index contributed by atoms with van der Waals surface area (Å²) < 4.78 is 6.65. The fraction of sp³-hybridized carbons (Fsp3) is 0.333. The number of alkyl halides is 1. The number of carbonyl (C=O) groups is 1. The second-order valence-electron chi connectivity index (χ2n) is 8.89. The average Bonchev–Trinajstić information content (AvgIpc) is 2.96. The van der Waals surface area contributed by atoms with Crippen molar-refractivity contribution in [3.8, 4) is 0 Å². The summed E-state index contributed by atoms with van der Waals surface area (Å²) >= 11 is 16.5. The molecule has 1 saturated heterocycles. The molecule has 206 valence electrons. The zero-order valence-electron chi connectivity index (χ0n) is 21.2. The van der Waals surface area contributed by atoms with E-state index in [9.17, 15) is 4.79 Å². The Morgan fingerprint density at radius 3 is 2.67 bits per heavy atom. The Morgan fingerprint density at radius 2 is 1.95 bits per heavy atom. The number of nitrogens with zero attached hydrogens (tertiary/aromatic N) is 4. The normalized spacial score (nSPS) is 14.4. The first-order chi connectivity index (χ1) is 19.0. The van der Waals surface area contributed by atoms with Gasteiger partial charge >= 0.3 is 6.09 Å². The van der Waals surface area contributed by atoms with Crippen molar-refractivity contribution in [1.29, 1.82) is 5.41 Å². The first-order valence-corrected chi connectivity index (χ1v) is 14.2. The van der Waals surface area contributed by atoms with Crippen molar-refractivity contribution >= 4 is 63.1 Å². The molecule has 39 heavy (non-hydrogen) atoms. The maximum absolute atomic E-state index is 13.4. The van der Waals surface area contributed by atoms with Gasteiger partial charge in [0.25, 0.3) is 0 Å². The van der Waals surface area contributed by atoms with Gasteiger partial charge in [-0.25, -0.2) is 14.8 Å².